The van der Waals surface area contributed by atoms with Crippen LogP contribution in [0.1, 0.15) is 30.7 Å². The highest BCUT2D eigenvalue weighted by atomic mass is 19.3. The maximum Gasteiger partial charge on any atom is 0.387 e. The fourth-order valence-corrected chi connectivity index (χ4v) is 4.78. The number of carbonyl (C=O) groups is 1. The van der Waals surface area contributed by atoms with Gasteiger partial charge in [-0.05, 0) is 49.4 Å². The molecule has 0 bridgehead atoms. The number of alkyl halides is 2. The van der Waals surface area contributed by atoms with E-state index >= 15 is 0 Å². The third-order valence-corrected chi connectivity index (χ3v) is 6.90. The number of benzene rings is 2. The highest BCUT2D eigenvalue weighted by Crippen LogP contribution is 2.37. The normalized spacial score (nSPS) is 18.0. The van der Waals surface area contributed by atoms with E-state index in [4.69, 9.17) is 9.47 Å². The molecule has 0 radical (unpaired) electrons. The number of hydrogen-bond acceptors (Lipinski definition) is 6. The van der Waals surface area contributed by atoms with E-state index in [1.807, 2.05) is 23.1 Å². The molecule has 9 heteroatoms. The molecule has 5 rings (SSSR count). The van der Waals surface area contributed by atoms with Crippen molar-refractivity contribution >= 4 is 11.6 Å². The van der Waals surface area contributed by atoms with Crippen molar-refractivity contribution in [1.29, 1.82) is 0 Å². The van der Waals surface area contributed by atoms with Crippen LogP contribution in [0.2, 0.25) is 0 Å². The lowest BCUT2D eigenvalue weighted by atomic mass is 9.96. The minimum Gasteiger partial charge on any atom is -0.486 e. The first-order valence-corrected chi connectivity index (χ1v) is 12.6. The van der Waals surface area contributed by atoms with Crippen LogP contribution in [0.4, 0.5) is 14.5 Å². The highest BCUT2D eigenvalue weighted by Gasteiger charge is 2.32. The maximum absolute atomic E-state index is 13.3. The van der Waals surface area contributed by atoms with Crippen LogP contribution in [0, 0.1) is 0 Å². The number of aromatic nitrogens is 2. The van der Waals surface area contributed by atoms with E-state index in [0.29, 0.717) is 37.6 Å². The summed E-state index contributed by atoms with van der Waals surface area (Å²) in [5, 5.41) is 0. The first-order chi connectivity index (χ1) is 18.0. The zero-order valence-corrected chi connectivity index (χ0v) is 20.5. The van der Waals surface area contributed by atoms with Crippen molar-refractivity contribution in [2.24, 2.45) is 0 Å². The summed E-state index contributed by atoms with van der Waals surface area (Å²) in [6, 6.07) is 16.8. The number of carbonyl (C=O) groups excluding carboxylic acids is 1. The van der Waals surface area contributed by atoms with Crippen molar-refractivity contribution in [1.82, 2.24) is 14.9 Å². The number of ether oxygens (including phenoxy) is 2. The van der Waals surface area contributed by atoms with Crippen LogP contribution < -0.4 is 14.4 Å². The van der Waals surface area contributed by atoms with Crippen molar-refractivity contribution in [3.8, 4) is 11.5 Å². The van der Waals surface area contributed by atoms with E-state index in [1.54, 1.807) is 36.7 Å². The van der Waals surface area contributed by atoms with Gasteiger partial charge in [0.05, 0.1) is 18.6 Å². The largest absolute Gasteiger partial charge is 0.486 e. The molecule has 1 aliphatic carbocycles. The van der Waals surface area contributed by atoms with E-state index in [9.17, 15) is 13.6 Å². The second-order valence-electron chi connectivity index (χ2n) is 9.40. The molecule has 1 saturated heterocycles. The van der Waals surface area contributed by atoms with Gasteiger partial charge in [-0.2, -0.15) is 8.78 Å². The molecule has 7 nitrogen and oxygen atoms in total. The van der Waals surface area contributed by atoms with Gasteiger partial charge in [0.25, 0.3) is 0 Å². The first-order valence-electron chi connectivity index (χ1n) is 12.6. The van der Waals surface area contributed by atoms with Gasteiger partial charge >= 0.3 is 6.61 Å². The molecular formula is C28H30F2N4O3. The standard InChI is InChI=1S/C28H30F2N4O3/c29-28(30)37-24-11-10-21(17-25(24)36-23-8-4-9-23)33-14-15-34(27(35)18-26-31-12-5-13-32-26)22(19-33)16-20-6-2-1-3-7-20/h1-3,5-7,10-13,17,22-23,28H,4,8-9,14-16,18-19H2/t22-/m0/s1. The summed E-state index contributed by atoms with van der Waals surface area (Å²) in [7, 11) is 0. The molecule has 2 heterocycles. The molecule has 1 aliphatic heterocycles. The number of hydrogen-bond donors (Lipinski definition) is 0. The van der Waals surface area contributed by atoms with Crippen molar-refractivity contribution in [3.63, 3.8) is 0 Å². The molecule has 1 aromatic heterocycles. The zero-order chi connectivity index (χ0) is 25.6. The summed E-state index contributed by atoms with van der Waals surface area (Å²) in [5.74, 6) is 0.868. The summed E-state index contributed by atoms with van der Waals surface area (Å²) < 4.78 is 36.7. The molecule has 1 saturated carbocycles. The fourth-order valence-electron chi connectivity index (χ4n) is 4.78. The number of nitrogens with zero attached hydrogens (tertiary/aromatic N) is 4. The Labute approximate surface area is 215 Å². The van der Waals surface area contributed by atoms with E-state index in [2.05, 4.69) is 27.0 Å². The Kier molecular flexibility index (Phi) is 7.77. The van der Waals surface area contributed by atoms with Gasteiger partial charge in [-0.15, -0.1) is 0 Å². The summed E-state index contributed by atoms with van der Waals surface area (Å²) in [5.41, 5.74) is 1.99. The third kappa shape index (κ3) is 6.34. The zero-order valence-electron chi connectivity index (χ0n) is 20.5. The van der Waals surface area contributed by atoms with Gasteiger partial charge in [-0.25, -0.2) is 9.97 Å². The second-order valence-corrected chi connectivity index (χ2v) is 9.40. The molecule has 0 unspecified atom stereocenters. The second kappa shape index (κ2) is 11.5. The molecule has 194 valence electrons. The van der Waals surface area contributed by atoms with Crippen LogP contribution >= 0.6 is 0 Å². The molecule has 0 N–H and O–H groups in total. The lowest BCUT2D eigenvalue weighted by molar-refractivity contribution is -0.133. The Morgan fingerprint density at radius 1 is 1.00 bits per heavy atom. The summed E-state index contributed by atoms with van der Waals surface area (Å²) >= 11 is 0. The minimum absolute atomic E-state index is 0.0125. The van der Waals surface area contributed by atoms with Crippen LogP contribution in [0.3, 0.4) is 0 Å². The van der Waals surface area contributed by atoms with Crippen LogP contribution in [0.25, 0.3) is 0 Å². The fraction of sp³-hybridized carbons (Fsp3) is 0.393. The summed E-state index contributed by atoms with van der Waals surface area (Å²) in [6.07, 6.45) is 7.02. The van der Waals surface area contributed by atoms with Gasteiger partial charge in [-0.1, -0.05) is 30.3 Å². The van der Waals surface area contributed by atoms with Crippen LogP contribution in [-0.4, -0.2) is 59.2 Å². The van der Waals surface area contributed by atoms with Crippen LogP contribution in [0.5, 0.6) is 11.5 Å². The summed E-state index contributed by atoms with van der Waals surface area (Å²) in [6.45, 7) is -1.20. The molecular weight excluding hydrogens is 478 g/mol. The highest BCUT2D eigenvalue weighted by molar-refractivity contribution is 5.78. The van der Waals surface area contributed by atoms with Crippen molar-refractivity contribution in [3.05, 3.63) is 78.4 Å². The van der Waals surface area contributed by atoms with Crippen LogP contribution in [-0.2, 0) is 17.6 Å². The molecule has 1 amide bonds. The van der Waals surface area contributed by atoms with E-state index in [-0.39, 0.29) is 30.2 Å². The van der Waals surface area contributed by atoms with Gasteiger partial charge in [0.2, 0.25) is 5.91 Å². The van der Waals surface area contributed by atoms with E-state index in [0.717, 1.165) is 30.5 Å². The molecule has 2 fully saturated rings. The first kappa shape index (κ1) is 24.9. The minimum atomic E-state index is -2.92. The Hall–Kier alpha value is -3.75. The predicted octanol–water partition coefficient (Wildman–Crippen LogP) is 4.51. The topological polar surface area (TPSA) is 67.8 Å². The smallest absolute Gasteiger partial charge is 0.387 e. The number of rotatable bonds is 9. The van der Waals surface area contributed by atoms with Gasteiger partial charge < -0.3 is 19.3 Å². The van der Waals surface area contributed by atoms with Crippen LogP contribution in [0.15, 0.2) is 67.0 Å². The van der Waals surface area contributed by atoms with Gasteiger partial charge in [0.1, 0.15) is 5.82 Å². The van der Waals surface area contributed by atoms with Crippen molar-refractivity contribution < 1.29 is 23.0 Å². The monoisotopic (exact) mass is 508 g/mol. The molecule has 0 spiro atoms. The molecule has 2 aromatic carbocycles. The number of anilines is 1. The molecule has 3 aromatic rings. The SMILES string of the molecule is O=C(Cc1ncccn1)N1CCN(c2ccc(OC(F)F)c(OC3CCC3)c2)C[C@@H]1Cc1ccccc1. The van der Waals surface area contributed by atoms with Gasteiger partial charge in [0.15, 0.2) is 11.5 Å². The number of halogens is 2. The lowest BCUT2D eigenvalue weighted by Gasteiger charge is -2.43. The van der Waals surface area contributed by atoms with Gasteiger partial charge in [0, 0.05) is 43.8 Å². The predicted molar refractivity (Wildman–Crippen MR) is 135 cm³/mol. The average Bonchev–Trinajstić information content (AvgIpc) is 2.88. The summed E-state index contributed by atoms with van der Waals surface area (Å²) in [4.78, 5) is 25.8. The Morgan fingerprint density at radius 2 is 1.78 bits per heavy atom. The maximum atomic E-state index is 13.3. The average molecular weight is 509 g/mol. The number of piperazine rings is 1. The van der Waals surface area contributed by atoms with Gasteiger partial charge in [-0.3, -0.25) is 4.79 Å². The Morgan fingerprint density at radius 3 is 2.49 bits per heavy atom. The van der Waals surface area contributed by atoms with Crippen molar-refractivity contribution in [2.45, 2.75) is 50.9 Å². The quantitative estimate of drug-likeness (QED) is 0.424. The van der Waals surface area contributed by atoms with E-state index in [1.165, 1.54) is 0 Å². The Bertz CT molecular complexity index is 1180. The molecule has 1 atom stereocenters. The Balaban J connectivity index is 1.36. The third-order valence-electron chi connectivity index (χ3n) is 6.90. The van der Waals surface area contributed by atoms with E-state index < -0.39 is 6.61 Å². The van der Waals surface area contributed by atoms with Crippen molar-refractivity contribution in [2.75, 3.05) is 24.5 Å². The molecule has 2 aliphatic rings. The number of amides is 1. The lowest BCUT2D eigenvalue weighted by Crippen LogP contribution is -2.56. The molecule has 37 heavy (non-hydrogen) atoms.